The third-order valence-corrected chi connectivity index (χ3v) is 2.86. The molecule has 20 heavy (non-hydrogen) atoms. The minimum atomic E-state index is -0.489. The summed E-state index contributed by atoms with van der Waals surface area (Å²) in [5, 5.41) is 14.6. The number of amides is 1. The van der Waals surface area contributed by atoms with Crippen molar-refractivity contribution in [3.8, 4) is 5.75 Å². The van der Waals surface area contributed by atoms with Crippen LogP contribution < -0.4 is 10.1 Å². The number of benzene rings is 1. The zero-order chi connectivity index (χ0) is 15.1. The van der Waals surface area contributed by atoms with Crippen LogP contribution in [0.25, 0.3) is 0 Å². The van der Waals surface area contributed by atoms with Crippen molar-refractivity contribution in [3.05, 3.63) is 29.6 Å². The molecule has 1 unspecified atom stereocenters. The smallest absolute Gasteiger partial charge is 0.258 e. The molecule has 1 aromatic rings. The van der Waals surface area contributed by atoms with Crippen LogP contribution in [0, 0.1) is 5.82 Å². The number of nitrogens with zero attached hydrogens (tertiary/aromatic N) is 1. The van der Waals surface area contributed by atoms with E-state index < -0.39 is 5.82 Å². The van der Waals surface area contributed by atoms with Crippen LogP contribution in [0.2, 0.25) is 0 Å². The number of oxime groups is 1. The Morgan fingerprint density at radius 1 is 1.55 bits per heavy atom. The Morgan fingerprint density at radius 3 is 2.85 bits per heavy atom. The molecule has 0 saturated carbocycles. The molecule has 0 aliphatic heterocycles. The van der Waals surface area contributed by atoms with E-state index in [0.717, 1.165) is 12.5 Å². The topological polar surface area (TPSA) is 70.9 Å². The number of halogens is 1. The van der Waals surface area contributed by atoms with Crippen molar-refractivity contribution in [2.24, 2.45) is 5.16 Å². The van der Waals surface area contributed by atoms with Gasteiger partial charge < -0.3 is 15.3 Å². The molecule has 110 valence electrons. The molecule has 6 heteroatoms. The molecular formula is C14H19FN2O3. The first kappa shape index (κ1) is 15.9. The van der Waals surface area contributed by atoms with E-state index in [0.29, 0.717) is 5.56 Å². The molecule has 0 saturated heterocycles. The van der Waals surface area contributed by atoms with Gasteiger partial charge in [-0.15, -0.1) is 0 Å². The van der Waals surface area contributed by atoms with Gasteiger partial charge >= 0.3 is 0 Å². The summed E-state index contributed by atoms with van der Waals surface area (Å²) in [6.45, 7) is 5.17. The zero-order valence-electron chi connectivity index (χ0n) is 11.8. The second-order valence-electron chi connectivity index (χ2n) is 4.49. The monoisotopic (exact) mass is 282 g/mol. The Labute approximate surface area is 117 Å². The molecule has 1 atom stereocenters. The summed E-state index contributed by atoms with van der Waals surface area (Å²) in [5.74, 6) is -0.607. The van der Waals surface area contributed by atoms with Crippen molar-refractivity contribution in [2.75, 3.05) is 6.61 Å². The van der Waals surface area contributed by atoms with E-state index in [-0.39, 0.29) is 30.0 Å². The average molecular weight is 282 g/mol. The van der Waals surface area contributed by atoms with Crippen molar-refractivity contribution in [1.82, 2.24) is 5.32 Å². The first-order chi connectivity index (χ1) is 9.47. The van der Waals surface area contributed by atoms with Crippen LogP contribution in [0.4, 0.5) is 4.39 Å². The lowest BCUT2D eigenvalue weighted by atomic mass is 10.1. The lowest BCUT2D eigenvalue weighted by Gasteiger charge is -2.13. The van der Waals surface area contributed by atoms with E-state index in [1.165, 1.54) is 12.1 Å². The second-order valence-corrected chi connectivity index (χ2v) is 4.49. The van der Waals surface area contributed by atoms with Gasteiger partial charge in [0.1, 0.15) is 11.6 Å². The molecule has 0 heterocycles. The first-order valence-electron chi connectivity index (χ1n) is 6.38. The maximum absolute atomic E-state index is 13.2. The highest BCUT2D eigenvalue weighted by Gasteiger charge is 2.12. The van der Waals surface area contributed by atoms with Crippen molar-refractivity contribution < 1.29 is 19.1 Å². The van der Waals surface area contributed by atoms with Crippen molar-refractivity contribution >= 4 is 11.6 Å². The number of nitrogens with one attached hydrogen (secondary N) is 1. The molecule has 0 aromatic heterocycles. The Morgan fingerprint density at radius 2 is 2.25 bits per heavy atom. The molecule has 1 aromatic carbocycles. The normalized spacial score (nSPS) is 12.9. The first-order valence-corrected chi connectivity index (χ1v) is 6.38. The Bertz CT molecular complexity index is 503. The second kappa shape index (κ2) is 7.47. The van der Waals surface area contributed by atoms with E-state index in [2.05, 4.69) is 10.5 Å². The zero-order valence-corrected chi connectivity index (χ0v) is 11.8. The summed E-state index contributed by atoms with van der Waals surface area (Å²) in [4.78, 5) is 11.6. The molecule has 0 aliphatic rings. The highest BCUT2D eigenvalue weighted by molar-refractivity contribution is 6.00. The van der Waals surface area contributed by atoms with Crippen LogP contribution in [0.1, 0.15) is 32.8 Å². The van der Waals surface area contributed by atoms with Crippen LogP contribution in [0.3, 0.4) is 0 Å². The fourth-order valence-electron chi connectivity index (χ4n) is 1.53. The molecule has 0 spiro atoms. The molecule has 0 radical (unpaired) electrons. The minimum Gasteiger partial charge on any atom is -0.483 e. The summed E-state index contributed by atoms with van der Waals surface area (Å²) in [5.41, 5.74) is 0.715. The average Bonchev–Trinajstić information content (AvgIpc) is 2.44. The quantitative estimate of drug-likeness (QED) is 0.478. The fraction of sp³-hybridized carbons (Fsp3) is 0.429. The third kappa shape index (κ3) is 4.53. The van der Waals surface area contributed by atoms with Crippen molar-refractivity contribution in [3.63, 3.8) is 0 Å². The van der Waals surface area contributed by atoms with Gasteiger partial charge in [0.25, 0.3) is 5.91 Å². The standard InChI is InChI=1S/C14H19FN2O3/c1-4-9(2)16-14(18)8-20-13-7-11(15)5-6-12(13)10(3)17-19/h5-7,9,19H,4,8H2,1-3H3,(H,16,18). The van der Waals surface area contributed by atoms with Gasteiger partial charge in [-0.1, -0.05) is 12.1 Å². The lowest BCUT2D eigenvalue weighted by Crippen LogP contribution is -2.35. The minimum absolute atomic E-state index is 0.0545. The van der Waals surface area contributed by atoms with Gasteiger partial charge in [0.15, 0.2) is 6.61 Å². The lowest BCUT2D eigenvalue weighted by molar-refractivity contribution is -0.123. The van der Waals surface area contributed by atoms with Gasteiger partial charge in [0.2, 0.25) is 0 Å². The summed E-state index contributed by atoms with van der Waals surface area (Å²) >= 11 is 0. The number of ether oxygens (including phenoxy) is 1. The Kier molecular flexibility index (Phi) is 5.96. The summed E-state index contributed by atoms with van der Waals surface area (Å²) in [6.07, 6.45) is 0.813. The largest absolute Gasteiger partial charge is 0.483 e. The molecule has 5 nitrogen and oxygen atoms in total. The van der Waals surface area contributed by atoms with E-state index in [1.54, 1.807) is 6.92 Å². The predicted octanol–water partition coefficient (Wildman–Crippen LogP) is 2.32. The van der Waals surface area contributed by atoms with Crippen LogP contribution >= 0.6 is 0 Å². The maximum atomic E-state index is 13.2. The summed E-state index contributed by atoms with van der Waals surface area (Å²) < 4.78 is 18.5. The van der Waals surface area contributed by atoms with Gasteiger partial charge in [-0.2, -0.15) is 0 Å². The number of rotatable bonds is 6. The third-order valence-electron chi connectivity index (χ3n) is 2.86. The van der Waals surface area contributed by atoms with Crippen LogP contribution in [-0.4, -0.2) is 29.5 Å². The molecule has 0 fully saturated rings. The maximum Gasteiger partial charge on any atom is 0.258 e. The van der Waals surface area contributed by atoms with Crippen LogP contribution in [0.5, 0.6) is 5.75 Å². The van der Waals surface area contributed by atoms with E-state index in [4.69, 9.17) is 9.94 Å². The van der Waals surface area contributed by atoms with Crippen molar-refractivity contribution in [1.29, 1.82) is 0 Å². The molecule has 2 N–H and O–H groups in total. The van der Waals surface area contributed by atoms with Crippen LogP contribution in [-0.2, 0) is 4.79 Å². The predicted molar refractivity (Wildman–Crippen MR) is 73.8 cm³/mol. The Hall–Kier alpha value is -2.11. The van der Waals surface area contributed by atoms with Crippen molar-refractivity contribution in [2.45, 2.75) is 33.2 Å². The van der Waals surface area contributed by atoms with Gasteiger partial charge in [0, 0.05) is 17.7 Å². The van der Waals surface area contributed by atoms with Gasteiger partial charge in [0.05, 0.1) is 5.71 Å². The van der Waals surface area contributed by atoms with E-state index >= 15 is 0 Å². The van der Waals surface area contributed by atoms with Gasteiger partial charge in [-0.25, -0.2) is 4.39 Å². The molecule has 1 rings (SSSR count). The number of carbonyl (C=O) groups excluding carboxylic acids is 1. The highest BCUT2D eigenvalue weighted by Crippen LogP contribution is 2.20. The number of hydrogen-bond donors (Lipinski definition) is 2. The van der Waals surface area contributed by atoms with Gasteiger partial charge in [-0.3, -0.25) is 4.79 Å². The van der Waals surface area contributed by atoms with E-state index in [1.807, 2.05) is 13.8 Å². The molecule has 0 bridgehead atoms. The SMILES string of the molecule is CCC(C)NC(=O)COc1cc(F)ccc1C(C)=NO. The summed E-state index contributed by atoms with van der Waals surface area (Å²) in [6, 6.07) is 3.88. The van der Waals surface area contributed by atoms with E-state index in [9.17, 15) is 9.18 Å². The summed E-state index contributed by atoms with van der Waals surface area (Å²) in [7, 11) is 0. The highest BCUT2D eigenvalue weighted by atomic mass is 19.1. The molecule has 1 amide bonds. The Balaban J connectivity index is 2.76. The van der Waals surface area contributed by atoms with Gasteiger partial charge in [-0.05, 0) is 32.4 Å². The molecule has 0 aliphatic carbocycles. The van der Waals surface area contributed by atoms with Crippen LogP contribution in [0.15, 0.2) is 23.4 Å². The fourth-order valence-corrected chi connectivity index (χ4v) is 1.53. The molecular weight excluding hydrogens is 263 g/mol. The number of carbonyl (C=O) groups is 1. The number of hydrogen-bond acceptors (Lipinski definition) is 4.